The molecule has 1 fully saturated rings. The lowest BCUT2D eigenvalue weighted by Crippen LogP contribution is -2.51. The van der Waals surface area contributed by atoms with Gasteiger partial charge in [0.2, 0.25) is 6.10 Å². The third-order valence-corrected chi connectivity index (χ3v) is 4.16. The van der Waals surface area contributed by atoms with Crippen molar-refractivity contribution in [3.63, 3.8) is 0 Å². The van der Waals surface area contributed by atoms with E-state index in [4.69, 9.17) is 4.84 Å². The van der Waals surface area contributed by atoms with Gasteiger partial charge in [-0.25, -0.2) is 4.98 Å². The predicted molar refractivity (Wildman–Crippen MR) is 80.0 cm³/mol. The molecular formula is C14H22N6O2. The number of hydrogen-bond acceptors (Lipinski definition) is 6. The van der Waals surface area contributed by atoms with Gasteiger partial charge in [-0.15, -0.1) is 0 Å². The molecule has 2 aliphatic rings. The van der Waals surface area contributed by atoms with Gasteiger partial charge >= 0.3 is 0 Å². The third kappa shape index (κ3) is 3.27. The smallest absolute Gasteiger partial charge is 0.266 e. The van der Waals surface area contributed by atoms with Gasteiger partial charge in [0.15, 0.2) is 0 Å². The maximum atomic E-state index is 12.5. The molecule has 8 nitrogen and oxygen atoms in total. The molecule has 0 aliphatic carbocycles. The summed E-state index contributed by atoms with van der Waals surface area (Å²) in [5, 5.41) is 10.7. The molecule has 3 rings (SSSR count). The molecule has 0 bridgehead atoms. The summed E-state index contributed by atoms with van der Waals surface area (Å²) < 4.78 is 0. The number of nitrogens with zero attached hydrogens (tertiary/aromatic N) is 5. The van der Waals surface area contributed by atoms with Crippen LogP contribution in [-0.2, 0) is 16.2 Å². The molecule has 0 radical (unpaired) electrons. The second-order valence-corrected chi connectivity index (χ2v) is 6.07. The maximum absolute atomic E-state index is 12.5. The highest BCUT2D eigenvalue weighted by Gasteiger charge is 2.34. The van der Waals surface area contributed by atoms with Gasteiger partial charge in [-0.1, -0.05) is 19.0 Å². The topological polar surface area (TPSA) is 86.7 Å². The minimum Gasteiger partial charge on any atom is -0.382 e. The zero-order valence-electron chi connectivity index (χ0n) is 13.0. The Bertz CT molecular complexity index is 534. The van der Waals surface area contributed by atoms with Crippen LogP contribution in [-0.4, -0.2) is 68.9 Å². The number of hydrogen-bond donors (Lipinski definition) is 1. The Morgan fingerprint density at radius 2 is 2.18 bits per heavy atom. The number of carbonyl (C=O) groups excluding carboxylic acids is 1. The van der Waals surface area contributed by atoms with Crippen LogP contribution in [0.3, 0.4) is 0 Å². The van der Waals surface area contributed by atoms with E-state index in [2.05, 4.69) is 39.1 Å². The average molecular weight is 306 g/mol. The van der Waals surface area contributed by atoms with E-state index in [0.29, 0.717) is 25.4 Å². The molecule has 1 N–H and O–H groups in total. The third-order valence-electron chi connectivity index (χ3n) is 4.16. The molecule has 1 atom stereocenters. The minimum atomic E-state index is -0.432. The quantitative estimate of drug-likeness (QED) is 0.861. The molecule has 3 heterocycles. The molecule has 120 valence electrons. The second kappa shape index (κ2) is 6.43. The van der Waals surface area contributed by atoms with Crippen LogP contribution < -0.4 is 0 Å². The van der Waals surface area contributed by atoms with E-state index in [1.807, 2.05) is 4.90 Å². The van der Waals surface area contributed by atoms with Gasteiger partial charge < -0.3 is 9.74 Å². The van der Waals surface area contributed by atoms with Crippen molar-refractivity contribution in [2.24, 2.45) is 11.1 Å². The van der Waals surface area contributed by atoms with Crippen molar-refractivity contribution < 1.29 is 9.63 Å². The van der Waals surface area contributed by atoms with Crippen LogP contribution >= 0.6 is 0 Å². The lowest BCUT2D eigenvalue weighted by molar-refractivity contribution is -0.143. The Morgan fingerprint density at radius 1 is 1.41 bits per heavy atom. The lowest BCUT2D eigenvalue weighted by atomic mass is 10.0. The molecular weight excluding hydrogens is 284 g/mol. The molecule has 1 aromatic heterocycles. The van der Waals surface area contributed by atoms with Crippen molar-refractivity contribution in [3.8, 4) is 0 Å². The number of carbonyl (C=O) groups is 1. The predicted octanol–water partition coefficient (Wildman–Crippen LogP) is 0.250. The molecule has 22 heavy (non-hydrogen) atoms. The number of amides is 1. The van der Waals surface area contributed by atoms with Crippen LogP contribution in [0.25, 0.3) is 0 Å². The summed E-state index contributed by atoms with van der Waals surface area (Å²) in [4.78, 5) is 26.0. The molecule has 1 amide bonds. The average Bonchev–Trinajstić information content (AvgIpc) is 3.18. The first-order valence-electron chi connectivity index (χ1n) is 7.71. The summed E-state index contributed by atoms with van der Waals surface area (Å²) in [5.74, 6) is 1.24. The Balaban J connectivity index is 1.46. The first kappa shape index (κ1) is 15.0. The van der Waals surface area contributed by atoms with Crippen LogP contribution in [0, 0.1) is 5.92 Å². The number of H-pyrrole nitrogens is 1. The van der Waals surface area contributed by atoms with Gasteiger partial charge in [-0.05, 0) is 5.92 Å². The zero-order valence-corrected chi connectivity index (χ0v) is 13.0. The highest BCUT2D eigenvalue weighted by atomic mass is 16.6. The summed E-state index contributed by atoms with van der Waals surface area (Å²) in [6, 6.07) is 0. The number of nitrogens with one attached hydrogen (secondary N) is 1. The minimum absolute atomic E-state index is 0.0544. The monoisotopic (exact) mass is 306 g/mol. The van der Waals surface area contributed by atoms with Crippen molar-refractivity contribution in [1.82, 2.24) is 25.0 Å². The molecule has 1 aromatic rings. The van der Waals surface area contributed by atoms with E-state index in [0.717, 1.165) is 31.2 Å². The van der Waals surface area contributed by atoms with Crippen LogP contribution in [0.4, 0.5) is 0 Å². The molecule has 8 heteroatoms. The Labute approximate surface area is 129 Å². The van der Waals surface area contributed by atoms with E-state index in [1.165, 1.54) is 6.33 Å². The summed E-state index contributed by atoms with van der Waals surface area (Å²) in [5.41, 5.74) is 0.974. The Kier molecular flexibility index (Phi) is 4.37. The van der Waals surface area contributed by atoms with Gasteiger partial charge in [0, 0.05) is 32.6 Å². The fraction of sp³-hybridized carbons (Fsp3) is 0.714. The van der Waals surface area contributed by atoms with E-state index in [1.54, 1.807) is 0 Å². The van der Waals surface area contributed by atoms with E-state index in [-0.39, 0.29) is 5.91 Å². The zero-order chi connectivity index (χ0) is 15.5. The van der Waals surface area contributed by atoms with Crippen molar-refractivity contribution in [3.05, 3.63) is 12.2 Å². The van der Waals surface area contributed by atoms with Crippen molar-refractivity contribution in [2.45, 2.75) is 32.9 Å². The molecule has 1 saturated heterocycles. The Morgan fingerprint density at radius 3 is 2.77 bits per heavy atom. The number of oxime groups is 1. The summed E-state index contributed by atoms with van der Waals surface area (Å²) >= 11 is 0. The lowest BCUT2D eigenvalue weighted by Gasteiger charge is -2.34. The summed E-state index contributed by atoms with van der Waals surface area (Å²) in [6.45, 7) is 7.96. The van der Waals surface area contributed by atoms with Crippen LogP contribution in [0.5, 0.6) is 0 Å². The number of rotatable bonds is 4. The normalized spacial score (nSPS) is 22.8. The van der Waals surface area contributed by atoms with Gasteiger partial charge in [0.05, 0.1) is 12.3 Å². The molecule has 0 spiro atoms. The first-order chi connectivity index (χ1) is 10.6. The number of aromatic amines is 1. The molecule has 0 saturated carbocycles. The van der Waals surface area contributed by atoms with Crippen LogP contribution in [0.1, 0.15) is 26.1 Å². The SMILES string of the molecule is CC(C)C1=NO[C@H](C(=O)N2CCN(Cc3ncn[nH]3)CC2)C1. The summed E-state index contributed by atoms with van der Waals surface area (Å²) in [6.07, 6.45) is 1.70. The standard InChI is InChI=1S/C14H22N6O2/c1-10(2)11-7-12(22-18-11)14(21)20-5-3-19(4-6-20)8-13-15-9-16-17-13/h9-10,12H,3-8H2,1-2H3,(H,15,16,17)/t12-/m0/s1. The number of piperazine rings is 1. The fourth-order valence-corrected chi connectivity index (χ4v) is 2.72. The molecule has 0 unspecified atom stereocenters. The van der Waals surface area contributed by atoms with Gasteiger partial charge in [-0.3, -0.25) is 14.8 Å². The van der Waals surface area contributed by atoms with E-state index in [9.17, 15) is 4.79 Å². The fourth-order valence-electron chi connectivity index (χ4n) is 2.72. The largest absolute Gasteiger partial charge is 0.382 e. The van der Waals surface area contributed by atoms with Gasteiger partial charge in [0.1, 0.15) is 12.2 Å². The summed E-state index contributed by atoms with van der Waals surface area (Å²) in [7, 11) is 0. The highest BCUT2D eigenvalue weighted by molar-refractivity contribution is 5.93. The number of aromatic nitrogens is 3. The van der Waals surface area contributed by atoms with Crippen molar-refractivity contribution in [1.29, 1.82) is 0 Å². The maximum Gasteiger partial charge on any atom is 0.266 e. The van der Waals surface area contributed by atoms with Crippen LogP contribution in [0.2, 0.25) is 0 Å². The van der Waals surface area contributed by atoms with Crippen molar-refractivity contribution >= 4 is 11.6 Å². The molecule has 0 aromatic carbocycles. The van der Waals surface area contributed by atoms with Gasteiger partial charge in [0.25, 0.3) is 5.91 Å². The van der Waals surface area contributed by atoms with E-state index >= 15 is 0 Å². The van der Waals surface area contributed by atoms with Crippen molar-refractivity contribution in [2.75, 3.05) is 26.2 Å². The first-order valence-corrected chi connectivity index (χ1v) is 7.71. The van der Waals surface area contributed by atoms with E-state index < -0.39 is 6.10 Å². The Hall–Kier alpha value is -1.96. The highest BCUT2D eigenvalue weighted by Crippen LogP contribution is 2.19. The second-order valence-electron chi connectivity index (χ2n) is 6.07. The molecule has 2 aliphatic heterocycles. The van der Waals surface area contributed by atoms with Crippen LogP contribution in [0.15, 0.2) is 11.5 Å². The van der Waals surface area contributed by atoms with Gasteiger partial charge in [-0.2, -0.15) is 5.10 Å².